The summed E-state index contributed by atoms with van der Waals surface area (Å²) in [5, 5.41) is 0.476. The Morgan fingerprint density at radius 2 is 2.00 bits per heavy atom. The van der Waals surface area contributed by atoms with Crippen LogP contribution in [0.5, 0.6) is 0 Å². The SMILES string of the molecule is CC(C)CCCC(N)Cc1ccc(F)cc1Cl. The number of halogens is 2. The van der Waals surface area contributed by atoms with Crippen LogP contribution in [-0.2, 0) is 6.42 Å². The Bertz CT molecular complexity index is 352. The standard InChI is InChI=1S/C14H21ClFN/c1-10(2)4-3-5-13(17)8-11-6-7-12(16)9-14(11)15/h6-7,9-10,13H,3-5,8,17H2,1-2H3. The van der Waals surface area contributed by atoms with Gasteiger partial charge in [0.05, 0.1) is 0 Å². The third-order valence-electron chi connectivity index (χ3n) is 2.85. The molecule has 1 aromatic carbocycles. The molecule has 1 nitrogen and oxygen atoms in total. The molecular formula is C14H21ClFN. The Kier molecular flexibility index (Phi) is 5.93. The predicted molar refractivity (Wildman–Crippen MR) is 71.8 cm³/mol. The third kappa shape index (κ3) is 5.51. The lowest BCUT2D eigenvalue weighted by Crippen LogP contribution is -2.23. The Hall–Kier alpha value is -0.600. The van der Waals surface area contributed by atoms with Crippen molar-refractivity contribution in [1.29, 1.82) is 0 Å². The molecule has 0 heterocycles. The molecule has 0 aliphatic rings. The van der Waals surface area contributed by atoms with E-state index in [0.717, 1.165) is 30.7 Å². The highest BCUT2D eigenvalue weighted by Gasteiger charge is 2.08. The summed E-state index contributed by atoms with van der Waals surface area (Å²) in [6.07, 6.45) is 4.05. The quantitative estimate of drug-likeness (QED) is 0.813. The van der Waals surface area contributed by atoms with Crippen LogP contribution in [0.1, 0.15) is 38.7 Å². The van der Waals surface area contributed by atoms with Crippen LogP contribution in [0, 0.1) is 11.7 Å². The second-order valence-corrected chi connectivity index (χ2v) is 5.43. The van der Waals surface area contributed by atoms with Crippen LogP contribution in [0.15, 0.2) is 18.2 Å². The van der Waals surface area contributed by atoms with E-state index in [4.69, 9.17) is 17.3 Å². The first-order chi connectivity index (χ1) is 7.99. The fraction of sp³-hybridized carbons (Fsp3) is 0.571. The molecule has 1 atom stereocenters. The van der Waals surface area contributed by atoms with Gasteiger partial charge in [0, 0.05) is 11.1 Å². The summed E-state index contributed by atoms with van der Waals surface area (Å²) >= 11 is 5.96. The molecule has 3 heteroatoms. The van der Waals surface area contributed by atoms with Gasteiger partial charge in [-0.2, -0.15) is 0 Å². The Balaban J connectivity index is 2.42. The number of benzene rings is 1. The monoisotopic (exact) mass is 257 g/mol. The van der Waals surface area contributed by atoms with Crippen LogP contribution in [0.4, 0.5) is 4.39 Å². The topological polar surface area (TPSA) is 26.0 Å². The van der Waals surface area contributed by atoms with Crippen molar-refractivity contribution < 1.29 is 4.39 Å². The molecule has 1 aromatic rings. The van der Waals surface area contributed by atoms with Gasteiger partial charge >= 0.3 is 0 Å². The zero-order valence-electron chi connectivity index (χ0n) is 10.5. The van der Waals surface area contributed by atoms with E-state index < -0.39 is 0 Å². The smallest absolute Gasteiger partial charge is 0.124 e. The van der Waals surface area contributed by atoms with E-state index in [1.807, 2.05) is 0 Å². The molecule has 0 fully saturated rings. The average Bonchev–Trinajstić information content (AvgIpc) is 2.21. The van der Waals surface area contributed by atoms with Gasteiger partial charge in [-0.25, -0.2) is 4.39 Å². The Morgan fingerprint density at radius 1 is 1.29 bits per heavy atom. The van der Waals surface area contributed by atoms with Crippen LogP contribution in [0.2, 0.25) is 5.02 Å². The number of nitrogens with two attached hydrogens (primary N) is 1. The molecule has 0 aliphatic carbocycles. The highest BCUT2D eigenvalue weighted by molar-refractivity contribution is 6.31. The van der Waals surface area contributed by atoms with Gasteiger partial charge in [-0.05, 0) is 36.5 Å². The largest absolute Gasteiger partial charge is 0.327 e. The van der Waals surface area contributed by atoms with Crippen LogP contribution in [-0.4, -0.2) is 6.04 Å². The molecule has 0 amide bonds. The van der Waals surface area contributed by atoms with E-state index in [1.165, 1.54) is 18.6 Å². The molecule has 1 unspecified atom stereocenters. The maximum absolute atomic E-state index is 12.9. The highest BCUT2D eigenvalue weighted by Crippen LogP contribution is 2.19. The normalized spacial score (nSPS) is 13.1. The van der Waals surface area contributed by atoms with Gasteiger partial charge < -0.3 is 5.73 Å². The molecule has 0 bridgehead atoms. The zero-order valence-corrected chi connectivity index (χ0v) is 11.3. The van der Waals surface area contributed by atoms with Crippen LogP contribution in [0.25, 0.3) is 0 Å². The molecule has 0 aromatic heterocycles. The van der Waals surface area contributed by atoms with Crippen molar-refractivity contribution in [3.05, 3.63) is 34.6 Å². The van der Waals surface area contributed by atoms with E-state index in [1.54, 1.807) is 6.07 Å². The zero-order chi connectivity index (χ0) is 12.8. The number of rotatable bonds is 6. The lowest BCUT2D eigenvalue weighted by atomic mass is 9.99. The first kappa shape index (κ1) is 14.5. The molecule has 0 saturated heterocycles. The van der Waals surface area contributed by atoms with Crippen molar-refractivity contribution in [3.8, 4) is 0 Å². The van der Waals surface area contributed by atoms with Crippen molar-refractivity contribution in [2.45, 2.75) is 45.6 Å². The predicted octanol–water partition coefficient (Wildman–Crippen LogP) is 4.18. The number of hydrogen-bond acceptors (Lipinski definition) is 1. The van der Waals surface area contributed by atoms with Crippen LogP contribution >= 0.6 is 11.6 Å². The third-order valence-corrected chi connectivity index (χ3v) is 3.21. The van der Waals surface area contributed by atoms with Crippen LogP contribution in [0.3, 0.4) is 0 Å². The summed E-state index contributed by atoms with van der Waals surface area (Å²) in [4.78, 5) is 0. The molecule has 17 heavy (non-hydrogen) atoms. The molecular weight excluding hydrogens is 237 g/mol. The summed E-state index contributed by atoms with van der Waals surface area (Å²) in [7, 11) is 0. The summed E-state index contributed by atoms with van der Waals surface area (Å²) in [5.41, 5.74) is 6.98. The fourth-order valence-electron chi connectivity index (χ4n) is 1.86. The van der Waals surface area contributed by atoms with Gasteiger partial charge in [-0.1, -0.05) is 44.4 Å². The van der Waals surface area contributed by atoms with E-state index >= 15 is 0 Å². The van der Waals surface area contributed by atoms with Gasteiger partial charge in [-0.15, -0.1) is 0 Å². The first-order valence-electron chi connectivity index (χ1n) is 6.18. The average molecular weight is 258 g/mol. The van der Waals surface area contributed by atoms with Gasteiger partial charge in [-0.3, -0.25) is 0 Å². The first-order valence-corrected chi connectivity index (χ1v) is 6.56. The molecule has 0 spiro atoms. The minimum absolute atomic E-state index is 0.108. The van der Waals surface area contributed by atoms with Crippen molar-refractivity contribution in [1.82, 2.24) is 0 Å². The van der Waals surface area contributed by atoms with Gasteiger partial charge in [0.15, 0.2) is 0 Å². The van der Waals surface area contributed by atoms with Crippen molar-refractivity contribution in [2.75, 3.05) is 0 Å². The van der Waals surface area contributed by atoms with Gasteiger partial charge in [0.2, 0.25) is 0 Å². The summed E-state index contributed by atoms with van der Waals surface area (Å²) in [6, 6.07) is 4.61. The minimum atomic E-state index is -0.299. The van der Waals surface area contributed by atoms with Gasteiger partial charge in [0.1, 0.15) is 5.82 Å². The second-order valence-electron chi connectivity index (χ2n) is 5.02. The van der Waals surface area contributed by atoms with Crippen LogP contribution < -0.4 is 5.73 Å². The van der Waals surface area contributed by atoms with E-state index in [2.05, 4.69) is 13.8 Å². The van der Waals surface area contributed by atoms with Crippen molar-refractivity contribution in [3.63, 3.8) is 0 Å². The molecule has 0 radical (unpaired) electrons. The minimum Gasteiger partial charge on any atom is -0.327 e. The van der Waals surface area contributed by atoms with E-state index in [-0.39, 0.29) is 11.9 Å². The van der Waals surface area contributed by atoms with E-state index in [9.17, 15) is 4.39 Å². The second kappa shape index (κ2) is 6.97. The maximum Gasteiger partial charge on any atom is 0.124 e. The molecule has 0 saturated carbocycles. The maximum atomic E-state index is 12.9. The van der Waals surface area contributed by atoms with Gasteiger partial charge in [0.25, 0.3) is 0 Å². The highest BCUT2D eigenvalue weighted by atomic mass is 35.5. The molecule has 96 valence electrons. The summed E-state index contributed by atoms with van der Waals surface area (Å²) in [6.45, 7) is 4.42. The lowest BCUT2D eigenvalue weighted by Gasteiger charge is -2.13. The lowest BCUT2D eigenvalue weighted by molar-refractivity contribution is 0.496. The fourth-order valence-corrected chi connectivity index (χ4v) is 2.10. The Labute approximate surface area is 108 Å². The number of hydrogen-bond donors (Lipinski definition) is 1. The van der Waals surface area contributed by atoms with Crippen molar-refractivity contribution >= 4 is 11.6 Å². The molecule has 1 rings (SSSR count). The summed E-state index contributed by atoms with van der Waals surface area (Å²) in [5.74, 6) is 0.420. The molecule has 0 aliphatic heterocycles. The van der Waals surface area contributed by atoms with Crippen molar-refractivity contribution in [2.24, 2.45) is 11.7 Å². The molecule has 2 N–H and O–H groups in total. The van der Waals surface area contributed by atoms with E-state index in [0.29, 0.717) is 5.02 Å². The summed E-state index contributed by atoms with van der Waals surface area (Å²) < 4.78 is 12.9. The Morgan fingerprint density at radius 3 is 2.59 bits per heavy atom.